The third-order valence-corrected chi connectivity index (χ3v) is 5.23. The SMILES string of the molecule is Cc1ccc2c(oc3cc(F)cc(F)c32)c1-c1cc(-c2ccccn2)cc[n+]1C. The number of nitrogens with zero attached hydrogens (tertiary/aromatic N) is 2. The Labute approximate surface area is 165 Å². The van der Waals surface area contributed by atoms with Crippen molar-refractivity contribution in [2.24, 2.45) is 7.05 Å². The number of hydrogen-bond donors (Lipinski definition) is 0. The number of aromatic nitrogens is 2. The maximum atomic E-state index is 14.5. The van der Waals surface area contributed by atoms with Gasteiger partial charge < -0.3 is 4.42 Å². The van der Waals surface area contributed by atoms with Gasteiger partial charge in [0.1, 0.15) is 29.8 Å². The average molecular weight is 387 g/mol. The maximum absolute atomic E-state index is 14.5. The number of benzene rings is 2. The molecular weight excluding hydrogens is 370 g/mol. The van der Waals surface area contributed by atoms with E-state index in [0.29, 0.717) is 16.4 Å². The second-order valence-electron chi connectivity index (χ2n) is 7.12. The molecule has 2 aromatic carbocycles. The lowest BCUT2D eigenvalue weighted by Crippen LogP contribution is -2.30. The minimum Gasteiger partial charge on any atom is -0.455 e. The first-order valence-corrected chi connectivity index (χ1v) is 9.25. The lowest BCUT2D eigenvalue weighted by molar-refractivity contribution is -0.660. The van der Waals surface area contributed by atoms with Crippen LogP contribution in [0.4, 0.5) is 8.78 Å². The largest absolute Gasteiger partial charge is 0.455 e. The third-order valence-electron chi connectivity index (χ3n) is 5.23. The van der Waals surface area contributed by atoms with Crippen molar-refractivity contribution in [1.29, 1.82) is 0 Å². The fraction of sp³-hybridized carbons (Fsp3) is 0.0833. The smallest absolute Gasteiger partial charge is 0.217 e. The molecule has 0 spiro atoms. The maximum Gasteiger partial charge on any atom is 0.217 e. The molecule has 5 heteroatoms. The standard InChI is InChI=1S/C24H17F2N2O/c1-14-6-7-17-23-18(26)12-16(25)13-21(23)29-24(17)22(14)20-11-15(8-10-28(20)2)19-5-3-4-9-27-19/h3-13H,1-2H3/q+1. The molecule has 0 aliphatic carbocycles. The molecule has 3 aromatic heterocycles. The number of rotatable bonds is 2. The Morgan fingerprint density at radius 1 is 1.00 bits per heavy atom. The lowest BCUT2D eigenvalue weighted by atomic mass is 9.99. The van der Waals surface area contributed by atoms with Crippen molar-refractivity contribution in [2.75, 3.05) is 0 Å². The minimum absolute atomic E-state index is 0.202. The summed E-state index contributed by atoms with van der Waals surface area (Å²) in [4.78, 5) is 4.43. The minimum atomic E-state index is -0.657. The molecule has 0 aliphatic rings. The summed E-state index contributed by atoms with van der Waals surface area (Å²) in [5, 5.41) is 0.924. The Kier molecular flexibility index (Phi) is 3.91. The van der Waals surface area contributed by atoms with Gasteiger partial charge in [-0.25, -0.2) is 13.3 Å². The van der Waals surface area contributed by atoms with E-state index in [-0.39, 0.29) is 5.58 Å². The second kappa shape index (κ2) is 6.48. The first kappa shape index (κ1) is 17.5. The Morgan fingerprint density at radius 2 is 1.86 bits per heavy atom. The summed E-state index contributed by atoms with van der Waals surface area (Å²) in [5.41, 5.74) is 5.28. The molecule has 3 nitrogen and oxygen atoms in total. The highest BCUT2D eigenvalue weighted by atomic mass is 19.1. The van der Waals surface area contributed by atoms with Crippen LogP contribution in [0.25, 0.3) is 44.5 Å². The first-order valence-electron chi connectivity index (χ1n) is 9.25. The highest BCUT2D eigenvalue weighted by Gasteiger charge is 2.23. The Bertz CT molecular complexity index is 1390. The zero-order valence-corrected chi connectivity index (χ0v) is 15.9. The molecular formula is C24H17F2N2O+. The van der Waals surface area contributed by atoms with E-state index < -0.39 is 11.6 Å². The van der Waals surface area contributed by atoms with Gasteiger partial charge in [0.15, 0.2) is 6.20 Å². The molecule has 0 amide bonds. The van der Waals surface area contributed by atoms with E-state index in [1.54, 1.807) is 6.20 Å². The number of halogens is 2. The molecule has 5 aromatic rings. The van der Waals surface area contributed by atoms with E-state index in [0.717, 1.165) is 34.1 Å². The van der Waals surface area contributed by atoms with Gasteiger partial charge in [-0.15, -0.1) is 0 Å². The van der Waals surface area contributed by atoms with Crippen LogP contribution in [0.15, 0.2) is 71.4 Å². The fourth-order valence-electron chi connectivity index (χ4n) is 3.82. The van der Waals surface area contributed by atoms with Crippen LogP contribution < -0.4 is 4.57 Å². The topological polar surface area (TPSA) is 29.9 Å². The summed E-state index contributed by atoms with van der Waals surface area (Å²) in [6, 6.07) is 15.7. The zero-order chi connectivity index (χ0) is 20.1. The number of fused-ring (bicyclic) bond motifs is 3. The summed E-state index contributed by atoms with van der Waals surface area (Å²) in [7, 11) is 1.94. The Balaban J connectivity index is 1.84. The lowest BCUT2D eigenvalue weighted by Gasteiger charge is -2.07. The summed E-state index contributed by atoms with van der Waals surface area (Å²) in [6.07, 6.45) is 3.71. The average Bonchev–Trinajstić information content (AvgIpc) is 3.08. The van der Waals surface area contributed by atoms with E-state index in [1.807, 2.05) is 67.2 Å². The van der Waals surface area contributed by atoms with E-state index >= 15 is 0 Å². The van der Waals surface area contributed by atoms with Crippen molar-refractivity contribution in [2.45, 2.75) is 6.92 Å². The van der Waals surface area contributed by atoms with Crippen LogP contribution in [0.3, 0.4) is 0 Å². The van der Waals surface area contributed by atoms with Gasteiger partial charge in [0.2, 0.25) is 5.69 Å². The van der Waals surface area contributed by atoms with Crippen molar-refractivity contribution in [3.63, 3.8) is 0 Å². The van der Waals surface area contributed by atoms with Crippen LogP contribution in [0.5, 0.6) is 0 Å². The summed E-state index contributed by atoms with van der Waals surface area (Å²) >= 11 is 0. The third kappa shape index (κ3) is 2.78. The molecule has 0 unspecified atom stereocenters. The van der Waals surface area contributed by atoms with Crippen molar-refractivity contribution < 1.29 is 17.8 Å². The quantitative estimate of drug-likeness (QED) is 0.362. The van der Waals surface area contributed by atoms with Gasteiger partial charge in [-0.1, -0.05) is 18.2 Å². The first-order chi connectivity index (χ1) is 14.0. The van der Waals surface area contributed by atoms with E-state index in [4.69, 9.17) is 4.42 Å². The molecule has 0 saturated carbocycles. The molecule has 0 radical (unpaired) electrons. The van der Waals surface area contributed by atoms with Crippen molar-refractivity contribution in [3.05, 3.63) is 84.2 Å². The van der Waals surface area contributed by atoms with Crippen molar-refractivity contribution in [1.82, 2.24) is 4.98 Å². The van der Waals surface area contributed by atoms with Crippen LogP contribution in [-0.2, 0) is 7.05 Å². The second-order valence-corrected chi connectivity index (χ2v) is 7.12. The summed E-state index contributed by atoms with van der Waals surface area (Å²) in [6.45, 7) is 1.98. The van der Waals surface area contributed by atoms with Gasteiger partial charge in [0.25, 0.3) is 0 Å². The van der Waals surface area contributed by atoms with Crippen LogP contribution in [-0.4, -0.2) is 4.98 Å². The Hall–Kier alpha value is -3.60. The molecule has 5 rings (SSSR count). The van der Waals surface area contributed by atoms with Crippen LogP contribution in [0.2, 0.25) is 0 Å². The monoisotopic (exact) mass is 387 g/mol. The molecule has 0 saturated heterocycles. The molecule has 0 atom stereocenters. The predicted octanol–water partition coefficient (Wildman–Crippen LogP) is 5.73. The number of pyridine rings is 2. The van der Waals surface area contributed by atoms with Gasteiger partial charge in [0.05, 0.1) is 16.6 Å². The molecule has 29 heavy (non-hydrogen) atoms. The van der Waals surface area contributed by atoms with Crippen molar-refractivity contribution >= 4 is 21.9 Å². The van der Waals surface area contributed by atoms with Gasteiger partial charge >= 0.3 is 0 Å². The molecule has 0 fully saturated rings. The van der Waals surface area contributed by atoms with E-state index in [9.17, 15) is 8.78 Å². The highest BCUT2D eigenvalue weighted by molar-refractivity contribution is 6.10. The number of hydrogen-bond acceptors (Lipinski definition) is 2. The fourth-order valence-corrected chi connectivity index (χ4v) is 3.82. The van der Waals surface area contributed by atoms with E-state index in [2.05, 4.69) is 4.98 Å². The van der Waals surface area contributed by atoms with E-state index in [1.165, 1.54) is 6.07 Å². The van der Waals surface area contributed by atoms with Gasteiger partial charge in [-0.2, -0.15) is 0 Å². The normalized spacial score (nSPS) is 11.4. The Morgan fingerprint density at radius 3 is 2.66 bits per heavy atom. The van der Waals surface area contributed by atoms with Crippen LogP contribution in [0.1, 0.15) is 5.56 Å². The molecule has 0 N–H and O–H groups in total. The predicted molar refractivity (Wildman–Crippen MR) is 108 cm³/mol. The molecule has 0 bridgehead atoms. The van der Waals surface area contributed by atoms with Gasteiger partial charge in [-0.05, 0) is 24.6 Å². The highest BCUT2D eigenvalue weighted by Crippen LogP contribution is 2.38. The molecule has 142 valence electrons. The number of aryl methyl sites for hydroxylation is 2. The molecule has 3 heterocycles. The summed E-state index contributed by atoms with van der Waals surface area (Å²) < 4.78 is 36.2. The van der Waals surface area contributed by atoms with Gasteiger partial charge in [-0.3, -0.25) is 4.98 Å². The molecule has 0 aliphatic heterocycles. The summed E-state index contributed by atoms with van der Waals surface area (Å²) in [5.74, 6) is -1.28. The van der Waals surface area contributed by atoms with Crippen LogP contribution >= 0.6 is 0 Å². The zero-order valence-electron chi connectivity index (χ0n) is 15.9. The number of furan rings is 1. The van der Waals surface area contributed by atoms with Crippen LogP contribution in [0, 0.1) is 18.6 Å². The van der Waals surface area contributed by atoms with Crippen molar-refractivity contribution in [3.8, 4) is 22.5 Å². The van der Waals surface area contributed by atoms with Gasteiger partial charge in [0, 0.05) is 41.4 Å².